The number of halogens is 1. The first kappa shape index (κ1) is 13.5. The second-order valence-corrected chi connectivity index (χ2v) is 5.73. The minimum atomic E-state index is -0.0927. The molecule has 2 aromatic rings. The molecule has 0 radical (unpaired) electrons. The lowest BCUT2D eigenvalue weighted by molar-refractivity contribution is 0.0678. The zero-order chi connectivity index (χ0) is 14.3. The molecule has 20 heavy (non-hydrogen) atoms. The zero-order valence-corrected chi connectivity index (χ0v) is 12.1. The number of likely N-dealkylation sites (tertiary alicyclic amines) is 1. The van der Waals surface area contributed by atoms with Crippen molar-refractivity contribution in [3.8, 4) is 0 Å². The summed E-state index contributed by atoms with van der Waals surface area (Å²) < 4.78 is 5.72. The van der Waals surface area contributed by atoms with Crippen LogP contribution in [-0.4, -0.2) is 29.9 Å². The van der Waals surface area contributed by atoms with E-state index in [1.54, 1.807) is 11.0 Å². The third kappa shape index (κ3) is 2.19. The van der Waals surface area contributed by atoms with Crippen LogP contribution in [0.2, 0.25) is 5.02 Å². The smallest absolute Gasteiger partial charge is 0.289 e. The van der Waals surface area contributed by atoms with E-state index in [4.69, 9.17) is 21.8 Å². The Balaban J connectivity index is 1.99. The van der Waals surface area contributed by atoms with Gasteiger partial charge in [-0.1, -0.05) is 23.7 Å². The zero-order valence-electron chi connectivity index (χ0n) is 11.4. The summed E-state index contributed by atoms with van der Waals surface area (Å²) in [6.45, 7) is 3.21. The third-order valence-corrected chi connectivity index (χ3v) is 4.15. The van der Waals surface area contributed by atoms with Gasteiger partial charge in [0.15, 0.2) is 11.3 Å². The Morgan fingerprint density at radius 2 is 2.30 bits per heavy atom. The summed E-state index contributed by atoms with van der Waals surface area (Å²) in [6, 6.07) is 5.59. The Kier molecular flexibility index (Phi) is 3.44. The summed E-state index contributed by atoms with van der Waals surface area (Å²) in [5, 5.41) is 1.42. The van der Waals surface area contributed by atoms with Gasteiger partial charge in [-0.25, -0.2) is 0 Å². The van der Waals surface area contributed by atoms with Gasteiger partial charge in [-0.15, -0.1) is 0 Å². The highest BCUT2D eigenvalue weighted by Gasteiger charge is 2.27. The Morgan fingerprint density at radius 3 is 3.00 bits per heavy atom. The number of fused-ring (bicyclic) bond motifs is 1. The first-order valence-corrected chi connectivity index (χ1v) is 7.18. The number of furan rings is 1. The molecule has 1 aliphatic rings. The van der Waals surface area contributed by atoms with Crippen LogP contribution in [0.3, 0.4) is 0 Å². The van der Waals surface area contributed by atoms with E-state index in [0.717, 1.165) is 30.3 Å². The number of amides is 1. The van der Waals surface area contributed by atoms with E-state index < -0.39 is 0 Å². The van der Waals surface area contributed by atoms with Crippen molar-refractivity contribution in [2.24, 2.45) is 5.73 Å². The molecule has 1 amide bonds. The molecule has 1 aromatic heterocycles. The second kappa shape index (κ2) is 5.11. The number of nitrogens with zero attached hydrogens (tertiary/aromatic N) is 1. The number of nitrogens with two attached hydrogens (primary N) is 1. The van der Waals surface area contributed by atoms with Gasteiger partial charge in [0.2, 0.25) is 0 Å². The van der Waals surface area contributed by atoms with E-state index in [0.29, 0.717) is 22.9 Å². The Labute approximate surface area is 122 Å². The van der Waals surface area contributed by atoms with Crippen molar-refractivity contribution in [1.29, 1.82) is 0 Å². The molecule has 1 aromatic carbocycles. The lowest BCUT2D eigenvalue weighted by Gasteiger charge is -2.30. The highest BCUT2D eigenvalue weighted by atomic mass is 35.5. The highest BCUT2D eigenvalue weighted by Crippen LogP contribution is 2.31. The number of hydrogen-bond acceptors (Lipinski definition) is 3. The van der Waals surface area contributed by atoms with E-state index in [2.05, 4.69) is 0 Å². The summed E-state index contributed by atoms with van der Waals surface area (Å²) in [6.07, 6.45) is 1.90. The fraction of sp³-hybridized carbons (Fsp3) is 0.400. The number of aryl methyl sites for hydroxylation is 1. The third-order valence-electron chi connectivity index (χ3n) is 3.86. The second-order valence-electron chi connectivity index (χ2n) is 5.33. The molecule has 3 rings (SSSR count). The van der Waals surface area contributed by atoms with Gasteiger partial charge >= 0.3 is 0 Å². The van der Waals surface area contributed by atoms with Crippen molar-refractivity contribution < 1.29 is 9.21 Å². The summed E-state index contributed by atoms with van der Waals surface area (Å²) in [5.74, 6) is 0.284. The van der Waals surface area contributed by atoms with Crippen LogP contribution in [0, 0.1) is 6.92 Å². The standard InChI is InChI=1S/C15H17ClN2O2/c1-9-11-5-2-6-12(16)14(11)20-13(9)15(19)18-7-3-4-10(17)8-18/h2,5-6,10H,3-4,7-8,17H2,1H3. The van der Waals surface area contributed by atoms with Crippen molar-refractivity contribution in [1.82, 2.24) is 4.90 Å². The van der Waals surface area contributed by atoms with E-state index in [-0.39, 0.29) is 11.9 Å². The minimum absolute atomic E-state index is 0.0565. The number of piperidine rings is 1. The van der Waals surface area contributed by atoms with Gasteiger partial charge in [0.25, 0.3) is 5.91 Å². The van der Waals surface area contributed by atoms with Crippen LogP contribution >= 0.6 is 11.6 Å². The van der Waals surface area contributed by atoms with E-state index in [1.807, 2.05) is 19.1 Å². The van der Waals surface area contributed by atoms with Crippen molar-refractivity contribution >= 4 is 28.5 Å². The molecular weight excluding hydrogens is 276 g/mol. The molecule has 1 aliphatic heterocycles. The normalized spacial score (nSPS) is 19.6. The number of rotatable bonds is 1. The Hall–Kier alpha value is -1.52. The molecule has 1 fully saturated rings. The van der Waals surface area contributed by atoms with Crippen LogP contribution < -0.4 is 5.73 Å². The van der Waals surface area contributed by atoms with Crippen LogP contribution in [0.25, 0.3) is 11.0 Å². The van der Waals surface area contributed by atoms with Crippen molar-refractivity contribution in [2.75, 3.05) is 13.1 Å². The van der Waals surface area contributed by atoms with Crippen molar-refractivity contribution in [3.05, 3.63) is 34.5 Å². The average molecular weight is 293 g/mol. The van der Waals surface area contributed by atoms with Gasteiger partial charge in [0.05, 0.1) is 5.02 Å². The highest BCUT2D eigenvalue weighted by molar-refractivity contribution is 6.35. The van der Waals surface area contributed by atoms with Crippen LogP contribution in [0.4, 0.5) is 0 Å². The molecule has 1 unspecified atom stereocenters. The topological polar surface area (TPSA) is 59.5 Å². The molecule has 4 nitrogen and oxygen atoms in total. The van der Waals surface area contributed by atoms with Gasteiger partial charge in [0, 0.05) is 30.1 Å². The van der Waals surface area contributed by atoms with Crippen LogP contribution in [0.1, 0.15) is 29.0 Å². The Bertz CT molecular complexity index is 665. The number of benzene rings is 1. The predicted molar refractivity (Wildman–Crippen MR) is 79.1 cm³/mol. The molecule has 0 bridgehead atoms. The molecule has 5 heteroatoms. The predicted octanol–water partition coefficient (Wildman–Crippen LogP) is 2.96. The van der Waals surface area contributed by atoms with Crippen LogP contribution in [-0.2, 0) is 0 Å². The average Bonchev–Trinajstić information content (AvgIpc) is 2.77. The number of para-hydroxylation sites is 1. The van der Waals surface area contributed by atoms with Gasteiger partial charge in [-0.05, 0) is 25.8 Å². The van der Waals surface area contributed by atoms with Crippen LogP contribution in [0.15, 0.2) is 22.6 Å². The van der Waals surface area contributed by atoms with E-state index in [9.17, 15) is 4.79 Å². The molecule has 2 N–H and O–H groups in total. The van der Waals surface area contributed by atoms with Crippen molar-refractivity contribution in [2.45, 2.75) is 25.8 Å². The summed E-state index contributed by atoms with van der Waals surface area (Å²) in [5.41, 5.74) is 7.35. The minimum Gasteiger partial charge on any atom is -0.449 e. The first-order valence-electron chi connectivity index (χ1n) is 6.80. The first-order chi connectivity index (χ1) is 9.58. The lowest BCUT2D eigenvalue weighted by atomic mass is 10.1. The fourth-order valence-electron chi connectivity index (χ4n) is 2.75. The number of carbonyl (C=O) groups is 1. The maximum absolute atomic E-state index is 12.6. The van der Waals surface area contributed by atoms with Crippen LogP contribution in [0.5, 0.6) is 0 Å². The van der Waals surface area contributed by atoms with E-state index in [1.165, 1.54) is 0 Å². The summed E-state index contributed by atoms with van der Waals surface area (Å²) in [7, 11) is 0. The molecular formula is C15H17ClN2O2. The molecule has 0 aliphatic carbocycles. The molecule has 106 valence electrons. The van der Waals surface area contributed by atoms with Gasteiger partial charge in [0.1, 0.15) is 0 Å². The van der Waals surface area contributed by atoms with E-state index >= 15 is 0 Å². The maximum Gasteiger partial charge on any atom is 0.289 e. The molecule has 0 saturated carbocycles. The maximum atomic E-state index is 12.6. The SMILES string of the molecule is Cc1c(C(=O)N2CCCC(N)C2)oc2c(Cl)cccc12. The van der Waals surface area contributed by atoms with Gasteiger partial charge in [-0.2, -0.15) is 0 Å². The fourth-order valence-corrected chi connectivity index (χ4v) is 2.96. The largest absolute Gasteiger partial charge is 0.449 e. The van der Waals surface area contributed by atoms with Gasteiger partial charge < -0.3 is 15.1 Å². The quantitative estimate of drug-likeness (QED) is 0.879. The molecule has 1 saturated heterocycles. The number of carbonyl (C=O) groups excluding carboxylic acids is 1. The molecule has 2 heterocycles. The number of hydrogen-bond donors (Lipinski definition) is 1. The lowest BCUT2D eigenvalue weighted by Crippen LogP contribution is -2.45. The van der Waals surface area contributed by atoms with Gasteiger partial charge in [-0.3, -0.25) is 4.79 Å². The van der Waals surface area contributed by atoms with Crippen molar-refractivity contribution in [3.63, 3.8) is 0 Å². The summed E-state index contributed by atoms with van der Waals surface area (Å²) >= 11 is 6.12. The summed E-state index contributed by atoms with van der Waals surface area (Å²) in [4.78, 5) is 14.4. The Morgan fingerprint density at radius 1 is 1.50 bits per heavy atom. The molecule has 0 spiro atoms. The monoisotopic (exact) mass is 292 g/mol. The molecule has 1 atom stereocenters.